The van der Waals surface area contributed by atoms with Gasteiger partial charge in [-0.05, 0) is 37.7 Å². The minimum Gasteiger partial charge on any atom is -0.324 e. The summed E-state index contributed by atoms with van der Waals surface area (Å²) in [6, 6.07) is 8.30. The van der Waals surface area contributed by atoms with Gasteiger partial charge >= 0.3 is 0 Å². The van der Waals surface area contributed by atoms with Crippen LogP contribution in [0.25, 0.3) is 0 Å². The Bertz CT molecular complexity index is 450. The lowest BCUT2D eigenvalue weighted by Gasteiger charge is -2.29. The molecule has 1 aliphatic carbocycles. The smallest absolute Gasteiger partial charge is 0.246 e. The summed E-state index contributed by atoms with van der Waals surface area (Å²) >= 11 is 0. The van der Waals surface area contributed by atoms with Crippen molar-refractivity contribution in [3.05, 3.63) is 29.8 Å². The monoisotopic (exact) mass is 244 g/mol. The third-order valence-electron chi connectivity index (χ3n) is 4.21. The molecule has 1 aliphatic heterocycles. The number of hydrogen-bond acceptors (Lipinski definition) is 2. The van der Waals surface area contributed by atoms with Crippen LogP contribution < -0.4 is 10.6 Å². The summed E-state index contributed by atoms with van der Waals surface area (Å²) < 4.78 is 0. The molecule has 1 atom stereocenters. The Balaban J connectivity index is 1.71. The number of anilines is 1. The van der Waals surface area contributed by atoms with Crippen LogP contribution in [0.1, 0.15) is 44.2 Å². The fraction of sp³-hybridized carbons (Fsp3) is 0.533. The van der Waals surface area contributed by atoms with Gasteiger partial charge in [-0.15, -0.1) is 0 Å². The molecule has 0 radical (unpaired) electrons. The Morgan fingerprint density at radius 1 is 1.17 bits per heavy atom. The predicted octanol–water partition coefficient (Wildman–Crippen LogP) is 2.85. The molecule has 1 saturated carbocycles. The van der Waals surface area contributed by atoms with E-state index in [0.29, 0.717) is 6.04 Å². The summed E-state index contributed by atoms with van der Waals surface area (Å²) in [5, 5.41) is 6.48. The third kappa shape index (κ3) is 2.15. The molecule has 96 valence electrons. The lowest BCUT2D eigenvalue weighted by Crippen LogP contribution is -2.38. The number of rotatable bonds is 2. The van der Waals surface area contributed by atoms with Gasteiger partial charge in [0.1, 0.15) is 6.04 Å². The van der Waals surface area contributed by atoms with Crippen LogP contribution >= 0.6 is 0 Å². The zero-order valence-corrected chi connectivity index (χ0v) is 10.8. The summed E-state index contributed by atoms with van der Waals surface area (Å²) in [5.74, 6) is 0.933. The number of carbonyl (C=O) groups is 1. The van der Waals surface area contributed by atoms with E-state index in [2.05, 4.69) is 17.6 Å². The van der Waals surface area contributed by atoms with E-state index in [1.165, 1.54) is 25.7 Å². The van der Waals surface area contributed by atoms with Crippen molar-refractivity contribution in [2.45, 2.75) is 44.7 Å². The Labute approximate surface area is 108 Å². The molecule has 0 aromatic heterocycles. The van der Waals surface area contributed by atoms with E-state index in [4.69, 9.17) is 0 Å². The molecule has 0 bridgehead atoms. The molecule has 3 nitrogen and oxygen atoms in total. The van der Waals surface area contributed by atoms with Crippen molar-refractivity contribution in [1.29, 1.82) is 0 Å². The van der Waals surface area contributed by atoms with Crippen molar-refractivity contribution in [3.63, 3.8) is 0 Å². The first-order valence-corrected chi connectivity index (χ1v) is 6.90. The molecule has 1 fully saturated rings. The van der Waals surface area contributed by atoms with Gasteiger partial charge in [-0.1, -0.05) is 25.1 Å². The standard InChI is InChI=1S/C15H20N2O/c1-10-6-8-11(9-7-10)16-14-12-4-2-3-5-13(12)17-15(14)18/h2-5,10-11,14,16H,6-9H2,1H3,(H,17,18). The molecule has 2 aliphatic rings. The molecule has 0 saturated heterocycles. The highest BCUT2D eigenvalue weighted by Gasteiger charge is 2.32. The van der Waals surface area contributed by atoms with E-state index >= 15 is 0 Å². The fourth-order valence-electron chi connectivity index (χ4n) is 3.04. The second-order valence-corrected chi connectivity index (χ2v) is 5.63. The molecule has 3 rings (SSSR count). The summed E-state index contributed by atoms with van der Waals surface area (Å²) in [6.07, 6.45) is 4.92. The number of fused-ring (bicyclic) bond motifs is 1. The van der Waals surface area contributed by atoms with Crippen LogP contribution in [0.5, 0.6) is 0 Å². The van der Waals surface area contributed by atoms with Crippen LogP contribution in [-0.2, 0) is 4.79 Å². The maximum atomic E-state index is 12.0. The van der Waals surface area contributed by atoms with Crippen molar-refractivity contribution in [2.24, 2.45) is 5.92 Å². The van der Waals surface area contributed by atoms with Crippen molar-refractivity contribution < 1.29 is 4.79 Å². The van der Waals surface area contributed by atoms with Gasteiger partial charge in [-0.25, -0.2) is 0 Å². The van der Waals surface area contributed by atoms with E-state index in [0.717, 1.165) is 17.2 Å². The molecule has 2 N–H and O–H groups in total. The largest absolute Gasteiger partial charge is 0.324 e. The quantitative estimate of drug-likeness (QED) is 0.840. The molecular weight excluding hydrogens is 224 g/mol. The number of nitrogens with one attached hydrogen (secondary N) is 2. The summed E-state index contributed by atoms with van der Waals surface area (Å²) in [7, 11) is 0. The summed E-state index contributed by atoms with van der Waals surface area (Å²) in [5.41, 5.74) is 2.06. The molecule has 3 heteroatoms. The first kappa shape index (κ1) is 11.7. The zero-order valence-electron chi connectivity index (χ0n) is 10.8. The highest BCUT2D eigenvalue weighted by atomic mass is 16.2. The van der Waals surface area contributed by atoms with Gasteiger partial charge in [-0.2, -0.15) is 0 Å². The van der Waals surface area contributed by atoms with E-state index < -0.39 is 0 Å². The first-order valence-electron chi connectivity index (χ1n) is 6.90. The minimum absolute atomic E-state index is 0.0924. The van der Waals surface area contributed by atoms with Crippen molar-refractivity contribution in [2.75, 3.05) is 5.32 Å². The Morgan fingerprint density at radius 3 is 2.67 bits per heavy atom. The van der Waals surface area contributed by atoms with E-state index in [1.54, 1.807) is 0 Å². The van der Waals surface area contributed by atoms with Crippen molar-refractivity contribution >= 4 is 11.6 Å². The molecule has 1 aromatic rings. The average molecular weight is 244 g/mol. The topological polar surface area (TPSA) is 41.1 Å². The van der Waals surface area contributed by atoms with Crippen molar-refractivity contribution in [1.82, 2.24) is 5.32 Å². The molecule has 18 heavy (non-hydrogen) atoms. The van der Waals surface area contributed by atoms with Gasteiger partial charge in [0.15, 0.2) is 0 Å². The van der Waals surface area contributed by atoms with Crippen LogP contribution in [0.15, 0.2) is 24.3 Å². The number of carbonyl (C=O) groups excluding carboxylic acids is 1. The maximum Gasteiger partial charge on any atom is 0.246 e. The van der Waals surface area contributed by atoms with Gasteiger partial charge in [0, 0.05) is 17.3 Å². The average Bonchev–Trinajstić information content (AvgIpc) is 2.69. The Hall–Kier alpha value is -1.35. The lowest BCUT2D eigenvalue weighted by atomic mass is 9.87. The molecule has 0 spiro atoms. The van der Waals surface area contributed by atoms with Crippen LogP contribution in [0.2, 0.25) is 0 Å². The molecule has 1 unspecified atom stereocenters. The number of hydrogen-bond donors (Lipinski definition) is 2. The molecular formula is C15H20N2O. The van der Waals surface area contributed by atoms with E-state index in [-0.39, 0.29) is 11.9 Å². The second kappa shape index (κ2) is 4.73. The number of amides is 1. The highest BCUT2D eigenvalue weighted by molar-refractivity contribution is 6.02. The normalized spacial score (nSPS) is 30.9. The zero-order chi connectivity index (χ0) is 12.5. The minimum atomic E-state index is -0.153. The summed E-state index contributed by atoms with van der Waals surface area (Å²) in [4.78, 5) is 12.0. The van der Waals surface area contributed by atoms with Gasteiger partial charge < -0.3 is 5.32 Å². The van der Waals surface area contributed by atoms with Crippen LogP contribution in [-0.4, -0.2) is 11.9 Å². The van der Waals surface area contributed by atoms with Crippen molar-refractivity contribution in [3.8, 4) is 0 Å². The first-order chi connectivity index (χ1) is 8.74. The predicted molar refractivity (Wildman–Crippen MR) is 72.4 cm³/mol. The van der Waals surface area contributed by atoms with Gasteiger partial charge in [-0.3, -0.25) is 10.1 Å². The Kier molecular flexibility index (Phi) is 3.08. The van der Waals surface area contributed by atoms with Crippen LogP contribution in [0.3, 0.4) is 0 Å². The van der Waals surface area contributed by atoms with Gasteiger partial charge in [0.2, 0.25) is 5.91 Å². The van der Waals surface area contributed by atoms with Crippen LogP contribution in [0.4, 0.5) is 5.69 Å². The number of para-hydroxylation sites is 1. The maximum absolute atomic E-state index is 12.0. The number of benzene rings is 1. The van der Waals surface area contributed by atoms with E-state index in [9.17, 15) is 4.79 Å². The second-order valence-electron chi connectivity index (χ2n) is 5.63. The summed E-state index contributed by atoms with van der Waals surface area (Å²) in [6.45, 7) is 2.31. The Morgan fingerprint density at radius 2 is 1.89 bits per heavy atom. The van der Waals surface area contributed by atoms with E-state index in [1.807, 2.05) is 24.3 Å². The van der Waals surface area contributed by atoms with Gasteiger partial charge in [0.25, 0.3) is 0 Å². The van der Waals surface area contributed by atoms with Gasteiger partial charge in [0.05, 0.1) is 0 Å². The third-order valence-corrected chi connectivity index (χ3v) is 4.21. The SMILES string of the molecule is CC1CCC(NC2C(=O)Nc3ccccc32)CC1. The fourth-order valence-corrected chi connectivity index (χ4v) is 3.04. The highest BCUT2D eigenvalue weighted by Crippen LogP contribution is 2.32. The molecule has 1 heterocycles. The lowest BCUT2D eigenvalue weighted by molar-refractivity contribution is -0.117. The molecule has 1 amide bonds. The van der Waals surface area contributed by atoms with Crippen LogP contribution in [0, 0.1) is 5.92 Å². The molecule has 1 aromatic carbocycles.